The van der Waals surface area contributed by atoms with E-state index in [9.17, 15) is 8.42 Å². The lowest BCUT2D eigenvalue weighted by molar-refractivity contribution is 0.199. The molecule has 0 radical (unpaired) electrons. The summed E-state index contributed by atoms with van der Waals surface area (Å²) in [5, 5.41) is 0. The van der Waals surface area contributed by atoms with Crippen molar-refractivity contribution in [2.24, 2.45) is 5.92 Å². The van der Waals surface area contributed by atoms with E-state index in [1.807, 2.05) is 0 Å². The van der Waals surface area contributed by atoms with Crippen LogP contribution < -0.4 is 4.72 Å². The molecule has 0 saturated heterocycles. The zero-order chi connectivity index (χ0) is 11.3. The van der Waals surface area contributed by atoms with E-state index < -0.39 is 10.0 Å². The Morgan fingerprint density at radius 3 is 2.73 bits per heavy atom. The van der Waals surface area contributed by atoms with Crippen molar-refractivity contribution >= 4 is 26.0 Å². The Kier molecular flexibility index (Phi) is 5.52. The second-order valence-electron chi connectivity index (χ2n) is 3.96. The quantitative estimate of drug-likeness (QED) is 0.683. The standard InChI is InChI=1S/C9H18BrNO3S/c1-14-6-9(10)4-5-11-15(12,13)7-8-2-3-8/h8-9,11H,2-7H2,1H3. The van der Waals surface area contributed by atoms with Crippen molar-refractivity contribution in [2.75, 3.05) is 26.0 Å². The first-order valence-corrected chi connectivity index (χ1v) is 7.70. The highest BCUT2D eigenvalue weighted by molar-refractivity contribution is 9.09. The molecule has 1 unspecified atom stereocenters. The number of rotatable bonds is 8. The number of sulfonamides is 1. The molecule has 0 aromatic carbocycles. The van der Waals surface area contributed by atoms with Gasteiger partial charge in [0.2, 0.25) is 10.0 Å². The largest absolute Gasteiger partial charge is 0.384 e. The molecule has 0 aliphatic heterocycles. The number of halogens is 1. The predicted octanol–water partition coefficient (Wildman–Crippen LogP) is 1.12. The van der Waals surface area contributed by atoms with Crippen LogP contribution in [0.3, 0.4) is 0 Å². The van der Waals surface area contributed by atoms with Crippen molar-refractivity contribution in [1.82, 2.24) is 4.72 Å². The summed E-state index contributed by atoms with van der Waals surface area (Å²) in [6.45, 7) is 1.08. The van der Waals surface area contributed by atoms with Gasteiger partial charge in [-0.15, -0.1) is 0 Å². The lowest BCUT2D eigenvalue weighted by Gasteiger charge is -2.09. The van der Waals surface area contributed by atoms with Crippen LogP contribution in [0, 0.1) is 5.92 Å². The maximum absolute atomic E-state index is 11.5. The molecule has 0 aromatic heterocycles. The van der Waals surface area contributed by atoms with Crippen molar-refractivity contribution in [1.29, 1.82) is 0 Å². The van der Waals surface area contributed by atoms with Crippen LogP contribution in [0.15, 0.2) is 0 Å². The molecule has 1 aliphatic carbocycles. The molecule has 1 atom stereocenters. The van der Waals surface area contributed by atoms with E-state index in [-0.39, 0.29) is 4.83 Å². The third kappa shape index (κ3) is 6.50. The lowest BCUT2D eigenvalue weighted by atomic mass is 10.3. The van der Waals surface area contributed by atoms with E-state index in [0.717, 1.165) is 19.3 Å². The van der Waals surface area contributed by atoms with E-state index >= 15 is 0 Å². The normalized spacial score (nSPS) is 19.1. The second-order valence-corrected chi connectivity index (χ2v) is 7.11. The van der Waals surface area contributed by atoms with Gasteiger partial charge in [0.25, 0.3) is 0 Å². The van der Waals surface area contributed by atoms with Crippen molar-refractivity contribution in [3.8, 4) is 0 Å². The fraction of sp³-hybridized carbons (Fsp3) is 1.00. The summed E-state index contributed by atoms with van der Waals surface area (Å²) in [6, 6.07) is 0. The van der Waals surface area contributed by atoms with Gasteiger partial charge in [0.05, 0.1) is 12.4 Å². The fourth-order valence-electron chi connectivity index (χ4n) is 1.29. The van der Waals surface area contributed by atoms with Crippen LogP contribution in [-0.4, -0.2) is 39.3 Å². The van der Waals surface area contributed by atoms with Gasteiger partial charge in [-0.25, -0.2) is 13.1 Å². The first kappa shape index (κ1) is 13.4. The number of ether oxygens (including phenoxy) is 1. The number of hydrogen-bond donors (Lipinski definition) is 1. The minimum atomic E-state index is -3.04. The van der Waals surface area contributed by atoms with Gasteiger partial charge < -0.3 is 4.74 Å². The number of hydrogen-bond acceptors (Lipinski definition) is 3. The lowest BCUT2D eigenvalue weighted by Crippen LogP contribution is -2.29. The van der Waals surface area contributed by atoms with Crippen molar-refractivity contribution in [3.05, 3.63) is 0 Å². The third-order valence-corrected chi connectivity index (χ3v) is 4.56. The first-order chi connectivity index (χ1) is 7.03. The van der Waals surface area contributed by atoms with Crippen LogP contribution in [0.5, 0.6) is 0 Å². The van der Waals surface area contributed by atoms with Crippen LogP contribution >= 0.6 is 15.9 Å². The Bertz CT molecular complexity index is 277. The van der Waals surface area contributed by atoms with E-state index in [1.165, 1.54) is 0 Å². The highest BCUT2D eigenvalue weighted by atomic mass is 79.9. The van der Waals surface area contributed by atoms with E-state index in [1.54, 1.807) is 7.11 Å². The Balaban J connectivity index is 2.12. The Morgan fingerprint density at radius 2 is 2.20 bits per heavy atom. The van der Waals surface area contributed by atoms with Crippen LogP contribution in [-0.2, 0) is 14.8 Å². The molecule has 1 saturated carbocycles. The highest BCUT2D eigenvalue weighted by Crippen LogP contribution is 2.29. The summed E-state index contributed by atoms with van der Waals surface area (Å²) in [4.78, 5) is 0.214. The van der Waals surface area contributed by atoms with Crippen LogP contribution in [0.2, 0.25) is 0 Å². The van der Waals surface area contributed by atoms with Gasteiger partial charge in [-0.3, -0.25) is 0 Å². The monoisotopic (exact) mass is 299 g/mol. The Labute approximate surface area is 99.9 Å². The Morgan fingerprint density at radius 1 is 1.53 bits per heavy atom. The van der Waals surface area contributed by atoms with Gasteiger partial charge in [-0.1, -0.05) is 15.9 Å². The van der Waals surface area contributed by atoms with E-state index in [2.05, 4.69) is 20.7 Å². The minimum absolute atomic E-state index is 0.214. The van der Waals surface area contributed by atoms with Crippen LogP contribution in [0.25, 0.3) is 0 Å². The molecule has 1 rings (SSSR count). The molecule has 6 heteroatoms. The van der Waals surface area contributed by atoms with Crippen molar-refractivity contribution in [3.63, 3.8) is 0 Å². The first-order valence-electron chi connectivity index (χ1n) is 5.14. The molecule has 90 valence electrons. The minimum Gasteiger partial charge on any atom is -0.384 e. The highest BCUT2D eigenvalue weighted by Gasteiger charge is 2.27. The SMILES string of the molecule is COCC(Br)CCNS(=O)(=O)CC1CC1. The van der Waals surface area contributed by atoms with Crippen molar-refractivity contribution in [2.45, 2.75) is 24.1 Å². The molecular weight excluding hydrogens is 282 g/mol. The molecule has 0 aromatic rings. The smallest absolute Gasteiger partial charge is 0.211 e. The molecule has 0 bridgehead atoms. The van der Waals surface area contributed by atoms with Gasteiger partial charge in [0, 0.05) is 18.5 Å². The Hall–Kier alpha value is 0.350. The van der Waals surface area contributed by atoms with E-state index in [4.69, 9.17) is 4.74 Å². The van der Waals surface area contributed by atoms with Gasteiger partial charge in [0.1, 0.15) is 0 Å². The second kappa shape index (κ2) is 6.18. The molecule has 1 aliphatic rings. The van der Waals surface area contributed by atoms with E-state index in [0.29, 0.717) is 24.8 Å². The fourth-order valence-corrected chi connectivity index (χ4v) is 3.28. The molecule has 0 spiro atoms. The van der Waals surface area contributed by atoms with Gasteiger partial charge in [-0.05, 0) is 25.2 Å². The summed E-state index contributed by atoms with van der Waals surface area (Å²) >= 11 is 3.41. The molecule has 1 N–H and O–H groups in total. The number of methoxy groups -OCH3 is 1. The van der Waals surface area contributed by atoms with Crippen LogP contribution in [0.1, 0.15) is 19.3 Å². The number of nitrogens with one attached hydrogen (secondary N) is 1. The van der Waals surface area contributed by atoms with Gasteiger partial charge in [0.15, 0.2) is 0 Å². The average Bonchev–Trinajstić information content (AvgIpc) is 2.87. The van der Waals surface area contributed by atoms with Gasteiger partial charge >= 0.3 is 0 Å². The van der Waals surface area contributed by atoms with Gasteiger partial charge in [-0.2, -0.15) is 0 Å². The predicted molar refractivity (Wildman–Crippen MR) is 63.7 cm³/mol. The average molecular weight is 300 g/mol. The van der Waals surface area contributed by atoms with Crippen LogP contribution in [0.4, 0.5) is 0 Å². The summed E-state index contributed by atoms with van der Waals surface area (Å²) in [6.07, 6.45) is 2.87. The molecule has 0 heterocycles. The maximum Gasteiger partial charge on any atom is 0.211 e. The summed E-state index contributed by atoms with van der Waals surface area (Å²) < 4.78 is 30.5. The molecule has 1 fully saturated rings. The molecule has 15 heavy (non-hydrogen) atoms. The molecule has 4 nitrogen and oxygen atoms in total. The topological polar surface area (TPSA) is 55.4 Å². The molecule has 0 amide bonds. The number of alkyl halides is 1. The zero-order valence-electron chi connectivity index (χ0n) is 8.91. The maximum atomic E-state index is 11.5. The van der Waals surface area contributed by atoms with Crippen molar-refractivity contribution < 1.29 is 13.2 Å². The molecular formula is C9H18BrNO3S. The summed E-state index contributed by atoms with van der Waals surface area (Å²) in [7, 11) is -1.41. The summed E-state index contributed by atoms with van der Waals surface area (Å²) in [5.74, 6) is 0.700. The summed E-state index contributed by atoms with van der Waals surface area (Å²) in [5.41, 5.74) is 0. The third-order valence-electron chi connectivity index (χ3n) is 2.28. The zero-order valence-corrected chi connectivity index (χ0v) is 11.3.